The van der Waals surface area contributed by atoms with Crippen molar-refractivity contribution in [3.8, 4) is 11.3 Å². The summed E-state index contributed by atoms with van der Waals surface area (Å²) in [5.41, 5.74) is 3.24. The van der Waals surface area contributed by atoms with Crippen LogP contribution in [-0.4, -0.2) is 21.5 Å². The average molecular weight is 310 g/mol. The summed E-state index contributed by atoms with van der Waals surface area (Å²) < 4.78 is 0. The lowest BCUT2D eigenvalue weighted by Crippen LogP contribution is -2.06. The van der Waals surface area contributed by atoms with Crippen molar-refractivity contribution in [2.24, 2.45) is 0 Å². The second-order valence-corrected chi connectivity index (χ2v) is 6.39. The van der Waals surface area contributed by atoms with Crippen LogP contribution in [0, 0.1) is 13.8 Å². The Balaban J connectivity index is 1.64. The molecule has 0 saturated heterocycles. The zero-order chi connectivity index (χ0) is 15.4. The van der Waals surface area contributed by atoms with E-state index in [1.165, 1.54) is 10.4 Å². The zero-order valence-corrected chi connectivity index (χ0v) is 13.5. The Labute approximate surface area is 134 Å². The number of rotatable bonds is 5. The van der Waals surface area contributed by atoms with E-state index in [0.717, 1.165) is 35.2 Å². The van der Waals surface area contributed by atoms with E-state index in [-0.39, 0.29) is 0 Å². The van der Waals surface area contributed by atoms with E-state index in [2.05, 4.69) is 34.3 Å². The highest BCUT2D eigenvalue weighted by Crippen LogP contribution is 2.27. The topological polar surface area (TPSA) is 50.7 Å². The molecular weight excluding hydrogens is 292 g/mol. The molecule has 22 heavy (non-hydrogen) atoms. The molecular formula is C17H18N4S. The Morgan fingerprint density at radius 1 is 1.09 bits per heavy atom. The SMILES string of the molecule is Cc1cc(NCCc2nc(-c3ccccc3)c(C)s2)ncn1. The summed E-state index contributed by atoms with van der Waals surface area (Å²) in [5, 5.41) is 4.47. The number of aromatic nitrogens is 3. The molecule has 3 aromatic rings. The third kappa shape index (κ3) is 3.49. The van der Waals surface area contributed by atoms with Crippen molar-refractivity contribution in [3.63, 3.8) is 0 Å². The van der Waals surface area contributed by atoms with E-state index in [4.69, 9.17) is 4.98 Å². The van der Waals surface area contributed by atoms with Gasteiger partial charge in [-0.1, -0.05) is 30.3 Å². The van der Waals surface area contributed by atoms with E-state index in [1.807, 2.05) is 31.2 Å². The molecule has 0 spiro atoms. The van der Waals surface area contributed by atoms with Crippen LogP contribution in [0.1, 0.15) is 15.6 Å². The van der Waals surface area contributed by atoms with Crippen LogP contribution in [0.2, 0.25) is 0 Å². The number of thiazole rings is 1. The van der Waals surface area contributed by atoms with Crippen LogP contribution in [0.5, 0.6) is 0 Å². The minimum Gasteiger partial charge on any atom is -0.370 e. The predicted octanol–water partition coefficient (Wildman–Crippen LogP) is 3.87. The second-order valence-electron chi connectivity index (χ2n) is 5.10. The van der Waals surface area contributed by atoms with Crippen LogP contribution in [0.15, 0.2) is 42.7 Å². The molecule has 0 saturated carbocycles. The molecule has 0 aliphatic rings. The van der Waals surface area contributed by atoms with Gasteiger partial charge in [0.25, 0.3) is 0 Å². The van der Waals surface area contributed by atoms with Crippen LogP contribution in [-0.2, 0) is 6.42 Å². The Kier molecular flexibility index (Phi) is 4.44. The van der Waals surface area contributed by atoms with E-state index < -0.39 is 0 Å². The Morgan fingerprint density at radius 3 is 2.68 bits per heavy atom. The minimum absolute atomic E-state index is 0.817. The molecule has 0 bridgehead atoms. The van der Waals surface area contributed by atoms with Crippen LogP contribution in [0.25, 0.3) is 11.3 Å². The summed E-state index contributed by atoms with van der Waals surface area (Å²) >= 11 is 1.76. The van der Waals surface area contributed by atoms with Crippen molar-refractivity contribution in [2.45, 2.75) is 20.3 Å². The summed E-state index contributed by atoms with van der Waals surface area (Å²) in [6.45, 7) is 4.91. The van der Waals surface area contributed by atoms with Crippen molar-refractivity contribution < 1.29 is 0 Å². The Hall–Kier alpha value is -2.27. The maximum Gasteiger partial charge on any atom is 0.129 e. The number of nitrogens with zero attached hydrogens (tertiary/aromatic N) is 3. The van der Waals surface area contributed by atoms with E-state index in [0.29, 0.717) is 0 Å². The van der Waals surface area contributed by atoms with Crippen molar-refractivity contribution in [3.05, 3.63) is 58.3 Å². The van der Waals surface area contributed by atoms with Crippen LogP contribution in [0.3, 0.4) is 0 Å². The van der Waals surface area contributed by atoms with Gasteiger partial charge in [-0.05, 0) is 13.8 Å². The number of hydrogen-bond acceptors (Lipinski definition) is 5. The fourth-order valence-electron chi connectivity index (χ4n) is 2.27. The summed E-state index contributed by atoms with van der Waals surface area (Å²) in [7, 11) is 0. The van der Waals surface area contributed by atoms with Gasteiger partial charge in [-0.3, -0.25) is 0 Å². The minimum atomic E-state index is 0.817. The third-order valence-corrected chi connectivity index (χ3v) is 4.37. The maximum absolute atomic E-state index is 4.77. The number of aryl methyl sites for hydroxylation is 2. The number of benzene rings is 1. The molecule has 0 unspecified atom stereocenters. The Morgan fingerprint density at radius 2 is 1.91 bits per heavy atom. The summed E-state index contributed by atoms with van der Waals surface area (Å²) in [5.74, 6) is 0.865. The van der Waals surface area contributed by atoms with Crippen molar-refractivity contribution in [1.82, 2.24) is 15.0 Å². The van der Waals surface area contributed by atoms with Crippen LogP contribution in [0.4, 0.5) is 5.82 Å². The molecule has 0 amide bonds. The summed E-state index contributed by atoms with van der Waals surface area (Å²) in [4.78, 5) is 14.3. The van der Waals surface area contributed by atoms with Gasteiger partial charge in [-0.15, -0.1) is 11.3 Å². The molecule has 4 nitrogen and oxygen atoms in total. The van der Waals surface area contributed by atoms with Gasteiger partial charge >= 0.3 is 0 Å². The smallest absolute Gasteiger partial charge is 0.129 e. The lowest BCUT2D eigenvalue weighted by molar-refractivity contribution is 0.978. The average Bonchev–Trinajstić information content (AvgIpc) is 2.89. The van der Waals surface area contributed by atoms with Gasteiger partial charge in [-0.25, -0.2) is 15.0 Å². The molecule has 112 valence electrons. The van der Waals surface area contributed by atoms with E-state index in [9.17, 15) is 0 Å². The van der Waals surface area contributed by atoms with Gasteiger partial charge in [0.05, 0.1) is 10.7 Å². The Bertz CT molecular complexity index is 752. The standard InChI is InChI=1S/C17H18N4S/c1-12-10-15(20-11-19-12)18-9-8-16-21-17(13(2)22-16)14-6-4-3-5-7-14/h3-7,10-11H,8-9H2,1-2H3,(H,18,19,20). The highest BCUT2D eigenvalue weighted by Gasteiger charge is 2.09. The molecule has 0 fully saturated rings. The van der Waals surface area contributed by atoms with Gasteiger partial charge in [0.2, 0.25) is 0 Å². The quantitative estimate of drug-likeness (QED) is 0.777. The molecule has 0 atom stereocenters. The number of hydrogen-bond donors (Lipinski definition) is 1. The highest BCUT2D eigenvalue weighted by molar-refractivity contribution is 7.12. The van der Waals surface area contributed by atoms with Gasteiger partial charge in [0.15, 0.2) is 0 Å². The molecule has 5 heteroatoms. The number of anilines is 1. The van der Waals surface area contributed by atoms with Crippen molar-refractivity contribution in [2.75, 3.05) is 11.9 Å². The van der Waals surface area contributed by atoms with Crippen molar-refractivity contribution in [1.29, 1.82) is 0 Å². The molecule has 2 aromatic heterocycles. The first kappa shape index (κ1) is 14.7. The molecule has 1 aromatic carbocycles. The summed E-state index contributed by atoms with van der Waals surface area (Å²) in [6.07, 6.45) is 2.47. The molecule has 1 N–H and O–H groups in total. The maximum atomic E-state index is 4.77. The van der Waals surface area contributed by atoms with Crippen molar-refractivity contribution >= 4 is 17.2 Å². The van der Waals surface area contributed by atoms with E-state index in [1.54, 1.807) is 17.7 Å². The van der Waals surface area contributed by atoms with Gasteiger partial charge in [-0.2, -0.15) is 0 Å². The van der Waals surface area contributed by atoms with Crippen LogP contribution < -0.4 is 5.32 Å². The van der Waals surface area contributed by atoms with Crippen LogP contribution >= 0.6 is 11.3 Å². The fourth-order valence-corrected chi connectivity index (χ4v) is 3.23. The second kappa shape index (κ2) is 6.66. The van der Waals surface area contributed by atoms with Gasteiger partial charge < -0.3 is 5.32 Å². The number of nitrogens with one attached hydrogen (secondary N) is 1. The van der Waals surface area contributed by atoms with E-state index >= 15 is 0 Å². The highest BCUT2D eigenvalue weighted by atomic mass is 32.1. The predicted molar refractivity (Wildman–Crippen MR) is 91.2 cm³/mol. The molecule has 0 aliphatic heterocycles. The lowest BCUT2D eigenvalue weighted by Gasteiger charge is -2.03. The normalized spacial score (nSPS) is 10.6. The first-order valence-electron chi connectivity index (χ1n) is 7.26. The zero-order valence-electron chi connectivity index (χ0n) is 12.7. The van der Waals surface area contributed by atoms with Gasteiger partial charge in [0, 0.05) is 35.2 Å². The largest absolute Gasteiger partial charge is 0.370 e. The first-order valence-corrected chi connectivity index (χ1v) is 8.08. The fraction of sp³-hybridized carbons (Fsp3) is 0.235. The molecule has 3 rings (SSSR count). The van der Waals surface area contributed by atoms with Gasteiger partial charge in [0.1, 0.15) is 12.1 Å². The molecule has 0 aliphatic carbocycles. The lowest BCUT2D eigenvalue weighted by atomic mass is 10.1. The summed E-state index contributed by atoms with van der Waals surface area (Å²) in [6, 6.07) is 12.3. The molecule has 0 radical (unpaired) electrons. The molecule has 2 heterocycles. The third-order valence-electron chi connectivity index (χ3n) is 3.34. The monoisotopic (exact) mass is 310 g/mol. The first-order chi connectivity index (χ1) is 10.7.